The summed E-state index contributed by atoms with van der Waals surface area (Å²) >= 11 is 0. The van der Waals surface area contributed by atoms with Crippen molar-refractivity contribution in [3.05, 3.63) is 0 Å². The molecule has 254 valence electrons. The molecule has 4 aliphatic carbocycles. The van der Waals surface area contributed by atoms with Crippen molar-refractivity contribution in [1.82, 2.24) is 9.80 Å². The van der Waals surface area contributed by atoms with Gasteiger partial charge in [0.05, 0.1) is 13.2 Å². The van der Waals surface area contributed by atoms with Crippen LogP contribution in [0.2, 0.25) is 0 Å². The van der Waals surface area contributed by atoms with Gasteiger partial charge in [0.2, 0.25) is 0 Å². The third kappa shape index (κ3) is 8.04. The standard InChI is InChI=1S/C38H68N2O4/c1-5-7-29-43-35(41)37(3,39(31-21-13-9-14-22-31)32-23-15-10-16-24-32)38(4,36(42)44-30-8-6-2)40(33-25-17-11-18-26-33)34-27-19-12-20-28-34/h31-34H,5-30H2,1-4H3. The molecule has 2 unspecified atom stereocenters. The Morgan fingerprint density at radius 2 is 0.750 bits per heavy atom. The Kier molecular flexibility index (Phi) is 14.4. The third-order valence-electron chi connectivity index (χ3n) is 12.1. The molecular weight excluding hydrogens is 548 g/mol. The van der Waals surface area contributed by atoms with E-state index in [1.165, 1.54) is 77.0 Å². The van der Waals surface area contributed by atoms with Crippen molar-refractivity contribution in [3.63, 3.8) is 0 Å². The fraction of sp³-hybridized carbons (Fsp3) is 0.947. The summed E-state index contributed by atoms with van der Waals surface area (Å²) in [5.74, 6) is -0.373. The molecule has 4 fully saturated rings. The normalized spacial score (nSPS) is 24.6. The van der Waals surface area contributed by atoms with Gasteiger partial charge in [-0.25, -0.2) is 9.59 Å². The summed E-state index contributed by atoms with van der Waals surface area (Å²) in [6.07, 6.45) is 27.1. The van der Waals surface area contributed by atoms with Gasteiger partial charge in [-0.05, 0) is 78.1 Å². The SMILES string of the molecule is CCCCOC(=O)C(C)(N(C1CCCCC1)C1CCCCC1)C(C)(C(=O)OCCCC)N(C1CCCCC1)C1CCCCC1. The van der Waals surface area contributed by atoms with Gasteiger partial charge in [-0.2, -0.15) is 0 Å². The van der Waals surface area contributed by atoms with E-state index in [4.69, 9.17) is 9.47 Å². The van der Waals surface area contributed by atoms with E-state index < -0.39 is 11.1 Å². The van der Waals surface area contributed by atoms with Gasteiger partial charge < -0.3 is 9.47 Å². The fourth-order valence-electron chi connectivity index (χ4n) is 9.50. The lowest BCUT2D eigenvalue weighted by atomic mass is 9.69. The van der Waals surface area contributed by atoms with Crippen molar-refractivity contribution >= 4 is 11.9 Å². The molecule has 2 atom stereocenters. The predicted octanol–water partition coefficient (Wildman–Crippen LogP) is 9.13. The molecule has 0 heterocycles. The first-order valence-corrected chi connectivity index (χ1v) is 19.3. The highest BCUT2D eigenvalue weighted by atomic mass is 16.5. The van der Waals surface area contributed by atoms with E-state index in [1.54, 1.807) is 0 Å². The number of nitrogens with zero attached hydrogens (tertiary/aromatic N) is 2. The zero-order chi connectivity index (χ0) is 31.4. The molecule has 6 heteroatoms. The number of esters is 2. The second-order valence-corrected chi connectivity index (χ2v) is 15.1. The van der Waals surface area contributed by atoms with Crippen molar-refractivity contribution in [1.29, 1.82) is 0 Å². The Morgan fingerprint density at radius 1 is 0.500 bits per heavy atom. The summed E-state index contributed by atoms with van der Waals surface area (Å²) in [6.45, 7) is 9.41. The highest BCUT2D eigenvalue weighted by molar-refractivity contribution is 5.94. The first-order valence-electron chi connectivity index (χ1n) is 19.3. The summed E-state index contributed by atoms with van der Waals surface area (Å²) in [4.78, 5) is 35.5. The molecule has 0 radical (unpaired) electrons. The zero-order valence-corrected chi connectivity index (χ0v) is 29.2. The van der Waals surface area contributed by atoms with E-state index in [0.717, 1.165) is 77.0 Å². The van der Waals surface area contributed by atoms with Crippen LogP contribution in [0.25, 0.3) is 0 Å². The molecule has 0 aromatic heterocycles. The van der Waals surface area contributed by atoms with Gasteiger partial charge in [0.15, 0.2) is 0 Å². The number of unbranched alkanes of at least 4 members (excludes halogenated alkanes) is 2. The first-order chi connectivity index (χ1) is 21.4. The minimum Gasteiger partial charge on any atom is -0.464 e. The number of ether oxygens (including phenoxy) is 2. The molecule has 6 nitrogen and oxygen atoms in total. The Labute approximate surface area is 270 Å². The van der Waals surface area contributed by atoms with Crippen LogP contribution in [0.5, 0.6) is 0 Å². The average molecular weight is 617 g/mol. The van der Waals surface area contributed by atoms with E-state index in [0.29, 0.717) is 13.2 Å². The Hall–Kier alpha value is -1.14. The number of hydrogen-bond donors (Lipinski definition) is 0. The van der Waals surface area contributed by atoms with Crippen LogP contribution in [0.4, 0.5) is 0 Å². The lowest BCUT2D eigenvalue weighted by Crippen LogP contribution is -2.80. The smallest absolute Gasteiger partial charge is 0.328 e. The van der Waals surface area contributed by atoms with Crippen LogP contribution in [0.3, 0.4) is 0 Å². The third-order valence-corrected chi connectivity index (χ3v) is 12.1. The second-order valence-electron chi connectivity index (χ2n) is 15.1. The molecule has 4 aliphatic rings. The second kappa shape index (κ2) is 17.7. The molecule has 44 heavy (non-hydrogen) atoms. The van der Waals surface area contributed by atoms with E-state index in [9.17, 15) is 0 Å². The van der Waals surface area contributed by atoms with Gasteiger partial charge >= 0.3 is 11.9 Å². The minimum atomic E-state index is -1.14. The van der Waals surface area contributed by atoms with Crippen molar-refractivity contribution in [2.75, 3.05) is 13.2 Å². The van der Waals surface area contributed by atoms with E-state index in [1.807, 2.05) is 0 Å². The van der Waals surface area contributed by atoms with Crippen molar-refractivity contribution in [3.8, 4) is 0 Å². The van der Waals surface area contributed by atoms with E-state index in [-0.39, 0.29) is 36.1 Å². The largest absolute Gasteiger partial charge is 0.464 e. The van der Waals surface area contributed by atoms with Gasteiger partial charge in [0.25, 0.3) is 0 Å². The van der Waals surface area contributed by atoms with Crippen molar-refractivity contribution in [2.45, 2.75) is 217 Å². The summed E-state index contributed by atoms with van der Waals surface area (Å²) < 4.78 is 12.7. The topological polar surface area (TPSA) is 59.1 Å². The molecule has 0 N–H and O–H groups in total. The summed E-state index contributed by atoms with van der Waals surface area (Å²) in [5.41, 5.74) is -2.27. The van der Waals surface area contributed by atoms with Gasteiger partial charge in [-0.15, -0.1) is 0 Å². The lowest BCUT2D eigenvalue weighted by molar-refractivity contribution is -0.203. The van der Waals surface area contributed by atoms with Crippen LogP contribution in [0.1, 0.15) is 182 Å². The molecule has 0 spiro atoms. The molecule has 0 bridgehead atoms. The Bertz CT molecular complexity index is 751. The Morgan fingerprint density at radius 3 is 0.977 bits per heavy atom. The summed E-state index contributed by atoms with van der Waals surface area (Å²) in [5, 5.41) is 0. The number of hydrogen-bond acceptors (Lipinski definition) is 6. The maximum atomic E-state index is 15.1. The van der Waals surface area contributed by atoms with Gasteiger partial charge in [0.1, 0.15) is 11.1 Å². The molecular formula is C38H68N2O4. The maximum absolute atomic E-state index is 15.1. The van der Waals surface area contributed by atoms with Crippen LogP contribution < -0.4 is 0 Å². The molecule has 4 saturated carbocycles. The molecule has 0 aromatic carbocycles. The van der Waals surface area contributed by atoms with Crippen LogP contribution in [-0.2, 0) is 19.1 Å². The summed E-state index contributed by atoms with van der Waals surface area (Å²) in [6, 6.07) is 1.16. The van der Waals surface area contributed by atoms with Gasteiger partial charge in [-0.1, -0.05) is 104 Å². The highest BCUT2D eigenvalue weighted by Crippen LogP contribution is 2.48. The molecule has 0 aromatic rings. The van der Waals surface area contributed by atoms with Gasteiger partial charge in [-0.3, -0.25) is 9.80 Å². The Balaban J connectivity index is 1.92. The van der Waals surface area contributed by atoms with Crippen LogP contribution >= 0.6 is 0 Å². The van der Waals surface area contributed by atoms with Crippen molar-refractivity contribution in [2.24, 2.45) is 0 Å². The number of carbonyl (C=O) groups is 2. The molecule has 0 saturated heterocycles. The van der Waals surface area contributed by atoms with Crippen molar-refractivity contribution < 1.29 is 19.1 Å². The monoisotopic (exact) mass is 617 g/mol. The zero-order valence-electron chi connectivity index (χ0n) is 29.2. The lowest BCUT2D eigenvalue weighted by Gasteiger charge is -2.61. The van der Waals surface area contributed by atoms with Crippen LogP contribution in [0, 0.1) is 0 Å². The van der Waals surface area contributed by atoms with Crippen LogP contribution in [-0.4, -0.2) is 70.2 Å². The van der Waals surface area contributed by atoms with Gasteiger partial charge in [0, 0.05) is 24.2 Å². The molecule has 0 aliphatic heterocycles. The summed E-state index contributed by atoms with van der Waals surface area (Å²) in [7, 11) is 0. The number of rotatable bonds is 15. The number of carbonyl (C=O) groups excluding carboxylic acids is 2. The molecule has 0 amide bonds. The first kappa shape index (κ1) is 35.7. The van der Waals surface area contributed by atoms with Crippen LogP contribution in [0.15, 0.2) is 0 Å². The highest BCUT2D eigenvalue weighted by Gasteiger charge is 2.67. The average Bonchev–Trinajstić information content (AvgIpc) is 3.07. The van der Waals surface area contributed by atoms with E-state index in [2.05, 4.69) is 37.5 Å². The maximum Gasteiger partial charge on any atom is 0.328 e. The fourth-order valence-corrected chi connectivity index (χ4v) is 9.50. The van der Waals surface area contributed by atoms with E-state index >= 15 is 9.59 Å². The molecule has 4 rings (SSSR count). The minimum absolute atomic E-state index is 0.186. The predicted molar refractivity (Wildman–Crippen MR) is 180 cm³/mol. The quantitative estimate of drug-likeness (QED) is 0.135.